The van der Waals surface area contributed by atoms with E-state index in [4.69, 9.17) is 0 Å². The van der Waals surface area contributed by atoms with Crippen molar-refractivity contribution in [2.45, 2.75) is 12.8 Å². The number of hydrogen-bond donors (Lipinski definition) is 1. The van der Waals surface area contributed by atoms with E-state index in [1.165, 1.54) is 6.07 Å². The van der Waals surface area contributed by atoms with Gasteiger partial charge in [-0.15, -0.1) is 0 Å². The molecule has 2 aromatic rings. The van der Waals surface area contributed by atoms with Gasteiger partial charge in [-0.25, -0.2) is 4.39 Å². The van der Waals surface area contributed by atoms with Crippen molar-refractivity contribution in [1.82, 2.24) is 20.0 Å². The maximum Gasteiger partial charge on any atom is 0.246 e. The van der Waals surface area contributed by atoms with Gasteiger partial charge >= 0.3 is 0 Å². The molecule has 0 aliphatic carbocycles. The van der Waals surface area contributed by atoms with E-state index in [0.717, 1.165) is 24.1 Å². The Morgan fingerprint density at radius 3 is 2.89 bits per heavy atom. The van der Waals surface area contributed by atoms with Crippen LogP contribution in [0.1, 0.15) is 12.0 Å². The van der Waals surface area contributed by atoms with Crippen LogP contribution in [0.2, 0.25) is 0 Å². The van der Waals surface area contributed by atoms with Gasteiger partial charge in [-0.3, -0.25) is 14.5 Å². The van der Waals surface area contributed by atoms with Crippen LogP contribution in [0.3, 0.4) is 0 Å². The predicted octanol–water partition coefficient (Wildman–Crippen LogP) is 1.42. The summed E-state index contributed by atoms with van der Waals surface area (Å²) in [4.78, 5) is 20.5. The minimum Gasteiger partial charge on any atom is -0.356 e. The molecule has 0 saturated carbocycles. The van der Waals surface area contributed by atoms with Crippen LogP contribution in [-0.4, -0.2) is 59.8 Å². The first-order valence-corrected chi connectivity index (χ1v) is 9.06. The summed E-state index contributed by atoms with van der Waals surface area (Å²) in [5.74, 6) is 0.534. The molecule has 1 saturated heterocycles. The lowest BCUT2D eigenvalue weighted by Gasteiger charge is -2.35. The summed E-state index contributed by atoms with van der Waals surface area (Å²) >= 11 is 0. The van der Waals surface area contributed by atoms with Gasteiger partial charge in [0, 0.05) is 39.9 Å². The van der Waals surface area contributed by atoms with Crippen molar-refractivity contribution in [2.75, 3.05) is 38.1 Å². The van der Waals surface area contributed by atoms with Crippen molar-refractivity contribution in [3.05, 3.63) is 48.0 Å². The maximum atomic E-state index is 13.2. The van der Waals surface area contributed by atoms with E-state index in [1.54, 1.807) is 35.0 Å². The Balaban J connectivity index is 1.48. The van der Waals surface area contributed by atoms with Gasteiger partial charge in [0.05, 0.1) is 11.9 Å². The van der Waals surface area contributed by atoms with Crippen LogP contribution >= 0.6 is 0 Å². The van der Waals surface area contributed by atoms with Crippen LogP contribution in [0.25, 0.3) is 0 Å². The quantitative estimate of drug-likeness (QED) is 0.490. The lowest BCUT2D eigenvalue weighted by molar-refractivity contribution is -0.120. The van der Waals surface area contributed by atoms with E-state index in [1.807, 2.05) is 24.2 Å². The lowest BCUT2D eigenvalue weighted by atomic mass is 10.1. The fourth-order valence-electron chi connectivity index (χ4n) is 3.19. The second-order valence-electron chi connectivity index (χ2n) is 6.55. The van der Waals surface area contributed by atoms with Crippen LogP contribution in [-0.2, 0) is 18.3 Å². The largest absolute Gasteiger partial charge is 0.356 e. The van der Waals surface area contributed by atoms with Gasteiger partial charge < -0.3 is 15.1 Å². The molecule has 0 bridgehead atoms. The molecule has 1 N–H and O–H groups in total. The number of benzene rings is 1. The number of rotatable bonds is 5. The molecule has 0 radical (unpaired) electrons. The Morgan fingerprint density at radius 2 is 2.22 bits per heavy atom. The highest BCUT2D eigenvalue weighted by Gasteiger charge is 2.27. The molecule has 1 aliphatic rings. The van der Waals surface area contributed by atoms with Crippen LogP contribution in [0.5, 0.6) is 0 Å². The molecule has 3 rings (SSSR count). The number of guanidine groups is 1. The molecule has 27 heavy (non-hydrogen) atoms. The monoisotopic (exact) mass is 372 g/mol. The lowest BCUT2D eigenvalue weighted by Crippen LogP contribution is -2.55. The zero-order valence-corrected chi connectivity index (χ0v) is 15.7. The fourth-order valence-corrected chi connectivity index (χ4v) is 3.19. The average Bonchev–Trinajstić information content (AvgIpc) is 3.08. The summed E-state index contributed by atoms with van der Waals surface area (Å²) in [6, 6.07) is 6.66. The number of halogens is 1. The second-order valence-corrected chi connectivity index (χ2v) is 6.55. The molecule has 7 nitrogen and oxygen atoms in total. The SMILES string of the molecule is CN=C(NCCCc1cccc(F)c1)N1CCN(c2cnn(C)c2)C(=O)C1. The summed E-state index contributed by atoms with van der Waals surface area (Å²) in [7, 11) is 3.55. The Bertz CT molecular complexity index is 818. The number of nitrogens with zero attached hydrogens (tertiary/aromatic N) is 5. The Kier molecular flexibility index (Phi) is 6.05. The Labute approximate surface area is 158 Å². The highest BCUT2D eigenvalue weighted by Crippen LogP contribution is 2.16. The van der Waals surface area contributed by atoms with E-state index < -0.39 is 0 Å². The number of anilines is 1. The smallest absolute Gasteiger partial charge is 0.246 e. The number of aliphatic imine (C=N–C) groups is 1. The van der Waals surface area contributed by atoms with Gasteiger partial charge in [0.25, 0.3) is 0 Å². The first-order valence-electron chi connectivity index (χ1n) is 9.06. The fraction of sp³-hybridized carbons (Fsp3) is 0.421. The molecule has 0 atom stereocenters. The molecule has 1 aromatic carbocycles. The molecule has 1 fully saturated rings. The normalized spacial score (nSPS) is 15.4. The molecule has 1 aliphatic heterocycles. The third-order valence-corrected chi connectivity index (χ3v) is 4.55. The van der Waals surface area contributed by atoms with E-state index in [-0.39, 0.29) is 18.3 Å². The molecule has 0 spiro atoms. The summed E-state index contributed by atoms with van der Waals surface area (Å²) in [5.41, 5.74) is 1.80. The van der Waals surface area contributed by atoms with E-state index in [2.05, 4.69) is 15.4 Å². The van der Waals surface area contributed by atoms with Gasteiger partial charge in [-0.05, 0) is 30.5 Å². The van der Waals surface area contributed by atoms with Crippen molar-refractivity contribution >= 4 is 17.6 Å². The van der Waals surface area contributed by atoms with Crippen molar-refractivity contribution in [3.63, 3.8) is 0 Å². The molecule has 2 heterocycles. The Hall–Kier alpha value is -2.90. The first kappa shape index (κ1) is 18.9. The number of carbonyl (C=O) groups is 1. The van der Waals surface area contributed by atoms with E-state index in [9.17, 15) is 9.18 Å². The van der Waals surface area contributed by atoms with Crippen molar-refractivity contribution in [3.8, 4) is 0 Å². The van der Waals surface area contributed by atoms with Crippen molar-refractivity contribution in [2.24, 2.45) is 12.0 Å². The number of hydrogen-bond acceptors (Lipinski definition) is 3. The standard InChI is InChI=1S/C19H25FN6O/c1-21-19(22-8-4-6-15-5-3-7-16(20)11-15)25-9-10-26(18(27)14-25)17-12-23-24(2)13-17/h3,5,7,11-13H,4,6,8-10,14H2,1-2H3,(H,21,22). The molecular formula is C19H25FN6O. The molecule has 1 amide bonds. The summed E-state index contributed by atoms with van der Waals surface area (Å²) in [5, 5.41) is 7.42. The third-order valence-electron chi connectivity index (χ3n) is 4.55. The summed E-state index contributed by atoms with van der Waals surface area (Å²) in [6.45, 7) is 2.28. The molecule has 0 unspecified atom stereocenters. The molecule has 8 heteroatoms. The number of piperazine rings is 1. The highest BCUT2D eigenvalue weighted by atomic mass is 19.1. The number of amides is 1. The van der Waals surface area contributed by atoms with Gasteiger partial charge in [0.1, 0.15) is 12.4 Å². The average molecular weight is 372 g/mol. The molecule has 1 aromatic heterocycles. The van der Waals surface area contributed by atoms with Gasteiger partial charge in [0.15, 0.2) is 5.96 Å². The number of nitrogens with one attached hydrogen (secondary N) is 1. The maximum absolute atomic E-state index is 13.2. The number of carbonyl (C=O) groups excluding carboxylic acids is 1. The number of aryl methyl sites for hydroxylation is 2. The van der Waals surface area contributed by atoms with Crippen LogP contribution < -0.4 is 10.2 Å². The summed E-state index contributed by atoms with van der Waals surface area (Å²) < 4.78 is 14.9. The molecular weight excluding hydrogens is 347 g/mol. The minimum absolute atomic E-state index is 0.0250. The predicted molar refractivity (Wildman–Crippen MR) is 103 cm³/mol. The van der Waals surface area contributed by atoms with Gasteiger partial charge in [0.2, 0.25) is 5.91 Å². The van der Waals surface area contributed by atoms with Crippen LogP contribution in [0.15, 0.2) is 41.7 Å². The Morgan fingerprint density at radius 1 is 1.37 bits per heavy atom. The third kappa shape index (κ3) is 4.84. The van der Waals surface area contributed by atoms with Crippen LogP contribution in [0.4, 0.5) is 10.1 Å². The summed E-state index contributed by atoms with van der Waals surface area (Å²) in [6.07, 6.45) is 5.18. The highest BCUT2D eigenvalue weighted by molar-refractivity contribution is 5.98. The van der Waals surface area contributed by atoms with E-state index >= 15 is 0 Å². The minimum atomic E-state index is -0.207. The van der Waals surface area contributed by atoms with Crippen LogP contribution in [0, 0.1) is 5.82 Å². The number of aromatic nitrogens is 2. The zero-order chi connectivity index (χ0) is 19.2. The zero-order valence-electron chi connectivity index (χ0n) is 15.7. The van der Waals surface area contributed by atoms with Gasteiger partial charge in [-0.1, -0.05) is 12.1 Å². The first-order chi connectivity index (χ1) is 13.1. The second kappa shape index (κ2) is 8.66. The van der Waals surface area contributed by atoms with Crippen molar-refractivity contribution < 1.29 is 9.18 Å². The van der Waals surface area contributed by atoms with Gasteiger partial charge in [-0.2, -0.15) is 5.10 Å². The van der Waals surface area contributed by atoms with Crippen molar-refractivity contribution in [1.29, 1.82) is 0 Å². The topological polar surface area (TPSA) is 65.8 Å². The molecule has 144 valence electrons. The van der Waals surface area contributed by atoms with E-state index in [0.29, 0.717) is 25.6 Å².